The molecule has 1 heterocycles. The van der Waals surface area contributed by atoms with Gasteiger partial charge in [0.1, 0.15) is 5.82 Å². The second-order valence-corrected chi connectivity index (χ2v) is 2.42. The van der Waals surface area contributed by atoms with Crippen LogP contribution >= 0.6 is 0 Å². The van der Waals surface area contributed by atoms with Crippen molar-refractivity contribution in [3.63, 3.8) is 0 Å². The first kappa shape index (κ1) is 7.21. The lowest BCUT2D eigenvalue weighted by Crippen LogP contribution is -1.78. The summed E-state index contributed by atoms with van der Waals surface area (Å²) in [7, 11) is 0. The van der Waals surface area contributed by atoms with Crippen molar-refractivity contribution < 1.29 is 13.2 Å². The van der Waals surface area contributed by atoms with Crippen LogP contribution in [0, 0.1) is 17.6 Å². The van der Waals surface area contributed by atoms with Gasteiger partial charge < -0.3 is 4.98 Å². The fraction of sp³-hybridized carbons (Fsp3) is 0. The van der Waals surface area contributed by atoms with Gasteiger partial charge >= 0.3 is 0 Å². The van der Waals surface area contributed by atoms with Crippen LogP contribution in [0.5, 0.6) is 0 Å². The third kappa shape index (κ3) is 0.809. The van der Waals surface area contributed by atoms with E-state index >= 15 is 0 Å². The third-order valence-corrected chi connectivity index (χ3v) is 1.67. The van der Waals surface area contributed by atoms with Crippen molar-refractivity contribution in [3.05, 3.63) is 35.8 Å². The molecule has 0 spiro atoms. The van der Waals surface area contributed by atoms with Crippen molar-refractivity contribution in [2.24, 2.45) is 0 Å². The third-order valence-electron chi connectivity index (χ3n) is 1.67. The molecule has 0 saturated carbocycles. The number of halogens is 3. The summed E-state index contributed by atoms with van der Waals surface area (Å²) in [6.07, 6.45) is 0. The Balaban J connectivity index is 2.97. The van der Waals surface area contributed by atoms with Crippen LogP contribution in [-0.4, -0.2) is 4.98 Å². The van der Waals surface area contributed by atoms with E-state index in [0.717, 1.165) is 6.07 Å². The molecule has 1 nitrogen and oxygen atoms in total. The maximum atomic E-state index is 12.8. The zero-order valence-electron chi connectivity index (χ0n) is 5.87. The number of aromatic amines is 1. The molecule has 1 aromatic heterocycles. The highest BCUT2D eigenvalue weighted by Crippen LogP contribution is 2.22. The van der Waals surface area contributed by atoms with E-state index < -0.39 is 17.6 Å². The van der Waals surface area contributed by atoms with Crippen molar-refractivity contribution in [3.8, 4) is 0 Å². The minimum atomic E-state index is -1.16. The van der Waals surface area contributed by atoms with Crippen LogP contribution in [0.15, 0.2) is 18.2 Å². The van der Waals surface area contributed by atoms with Gasteiger partial charge in [-0.2, -0.15) is 4.39 Å². The predicted molar refractivity (Wildman–Crippen MR) is 38.2 cm³/mol. The van der Waals surface area contributed by atoms with E-state index in [2.05, 4.69) is 4.98 Å². The average Bonchev–Trinajstić information content (AvgIpc) is 2.29. The zero-order chi connectivity index (χ0) is 8.72. The van der Waals surface area contributed by atoms with Crippen molar-refractivity contribution in [2.75, 3.05) is 0 Å². The Bertz CT molecular complexity index is 433. The summed E-state index contributed by atoms with van der Waals surface area (Å²) in [5.41, 5.74) is 0.130. The van der Waals surface area contributed by atoms with Gasteiger partial charge in [-0.25, -0.2) is 8.78 Å². The number of fused-ring (bicyclic) bond motifs is 1. The van der Waals surface area contributed by atoms with Crippen LogP contribution in [0.25, 0.3) is 10.9 Å². The lowest BCUT2D eigenvalue weighted by atomic mass is 10.2. The zero-order valence-corrected chi connectivity index (χ0v) is 5.87. The first-order valence-electron chi connectivity index (χ1n) is 3.31. The van der Waals surface area contributed by atoms with E-state index in [9.17, 15) is 13.2 Å². The molecule has 0 aliphatic carbocycles. The van der Waals surface area contributed by atoms with Crippen LogP contribution < -0.4 is 0 Å². The van der Waals surface area contributed by atoms with Crippen molar-refractivity contribution in [1.29, 1.82) is 0 Å². The summed E-state index contributed by atoms with van der Waals surface area (Å²) in [6.45, 7) is 0. The molecule has 0 bridgehead atoms. The Morgan fingerprint density at radius 3 is 2.50 bits per heavy atom. The molecule has 0 saturated heterocycles. The summed E-state index contributed by atoms with van der Waals surface area (Å²) in [5, 5.41) is -0.324. The molecule has 0 radical (unpaired) electrons. The molecule has 62 valence electrons. The summed E-state index contributed by atoms with van der Waals surface area (Å²) < 4.78 is 38.1. The largest absolute Gasteiger partial charge is 0.329 e. The number of aromatic nitrogens is 1. The second-order valence-electron chi connectivity index (χ2n) is 2.42. The Hall–Kier alpha value is -1.45. The van der Waals surface area contributed by atoms with E-state index in [-0.39, 0.29) is 10.9 Å². The highest BCUT2D eigenvalue weighted by atomic mass is 19.2. The maximum Gasteiger partial charge on any atom is 0.228 e. The minimum absolute atomic E-state index is 0.130. The smallest absolute Gasteiger partial charge is 0.228 e. The van der Waals surface area contributed by atoms with Gasteiger partial charge in [-0.3, -0.25) is 0 Å². The molecule has 1 N–H and O–H groups in total. The summed E-state index contributed by atoms with van der Waals surface area (Å²) in [6, 6.07) is 3.87. The topological polar surface area (TPSA) is 15.8 Å². The lowest BCUT2D eigenvalue weighted by molar-refractivity contribution is 0.495. The monoisotopic (exact) mass is 171 g/mol. The highest BCUT2D eigenvalue weighted by Gasteiger charge is 2.13. The molecule has 0 aliphatic rings. The molecule has 0 unspecified atom stereocenters. The standard InChI is InChI=1S/C8H4F3N/c9-4-2-1-3-5-6(4)7(10)8(11)12-5/h1-3,12H. The number of H-pyrrole nitrogens is 1. The fourth-order valence-corrected chi connectivity index (χ4v) is 1.13. The number of nitrogens with one attached hydrogen (secondary N) is 1. The molecule has 0 amide bonds. The predicted octanol–water partition coefficient (Wildman–Crippen LogP) is 2.59. The molecule has 2 aromatic rings. The molecule has 0 fully saturated rings. The Kier molecular flexibility index (Phi) is 1.36. The van der Waals surface area contributed by atoms with Crippen molar-refractivity contribution in [1.82, 2.24) is 4.98 Å². The van der Waals surface area contributed by atoms with Gasteiger partial charge in [-0.15, -0.1) is 0 Å². The lowest BCUT2D eigenvalue weighted by Gasteiger charge is -1.89. The Morgan fingerprint density at radius 1 is 1.08 bits per heavy atom. The summed E-state index contributed by atoms with van der Waals surface area (Å²) in [4.78, 5) is 2.09. The van der Waals surface area contributed by atoms with Gasteiger partial charge in [0.2, 0.25) is 5.95 Å². The van der Waals surface area contributed by atoms with Crippen LogP contribution in [0.2, 0.25) is 0 Å². The first-order valence-corrected chi connectivity index (χ1v) is 3.31. The molecular weight excluding hydrogens is 167 g/mol. The van der Waals surface area contributed by atoms with E-state index in [4.69, 9.17) is 0 Å². The molecule has 1 aromatic carbocycles. The number of hydrogen-bond acceptors (Lipinski definition) is 0. The quantitative estimate of drug-likeness (QED) is 0.627. The number of benzene rings is 1. The minimum Gasteiger partial charge on any atom is -0.329 e. The fourth-order valence-electron chi connectivity index (χ4n) is 1.13. The normalized spacial score (nSPS) is 10.9. The SMILES string of the molecule is Fc1[nH]c2cccc(F)c2c1F. The highest BCUT2D eigenvalue weighted by molar-refractivity contribution is 5.80. The molecule has 4 heteroatoms. The van der Waals surface area contributed by atoms with Crippen molar-refractivity contribution in [2.45, 2.75) is 0 Å². The molecule has 12 heavy (non-hydrogen) atoms. The molecular formula is C8H4F3N. The second kappa shape index (κ2) is 2.27. The van der Waals surface area contributed by atoms with Gasteiger partial charge in [0.15, 0.2) is 5.82 Å². The van der Waals surface area contributed by atoms with Crippen LogP contribution in [-0.2, 0) is 0 Å². The molecule has 2 rings (SSSR count). The van der Waals surface area contributed by atoms with Gasteiger partial charge in [-0.1, -0.05) is 6.07 Å². The van der Waals surface area contributed by atoms with E-state index in [1.807, 2.05) is 0 Å². The maximum absolute atomic E-state index is 12.8. The van der Waals surface area contributed by atoms with Crippen LogP contribution in [0.4, 0.5) is 13.2 Å². The molecule has 0 atom stereocenters. The summed E-state index contributed by atoms with van der Waals surface area (Å²) >= 11 is 0. The van der Waals surface area contributed by atoms with Gasteiger partial charge in [0, 0.05) is 0 Å². The van der Waals surface area contributed by atoms with E-state index in [0.29, 0.717) is 0 Å². The van der Waals surface area contributed by atoms with Gasteiger partial charge in [-0.05, 0) is 12.1 Å². The van der Waals surface area contributed by atoms with Crippen LogP contribution in [0.3, 0.4) is 0 Å². The van der Waals surface area contributed by atoms with E-state index in [1.54, 1.807) is 0 Å². The Morgan fingerprint density at radius 2 is 1.83 bits per heavy atom. The summed E-state index contributed by atoms with van der Waals surface area (Å²) in [5.74, 6) is -3.05. The Labute approximate surface area is 65.8 Å². The number of rotatable bonds is 0. The van der Waals surface area contributed by atoms with Crippen LogP contribution in [0.1, 0.15) is 0 Å². The van der Waals surface area contributed by atoms with Gasteiger partial charge in [0.25, 0.3) is 0 Å². The van der Waals surface area contributed by atoms with Gasteiger partial charge in [0.05, 0.1) is 10.9 Å². The average molecular weight is 171 g/mol. The van der Waals surface area contributed by atoms with Crippen molar-refractivity contribution >= 4 is 10.9 Å². The number of hydrogen-bond donors (Lipinski definition) is 1. The molecule has 0 aliphatic heterocycles. The first-order chi connectivity index (χ1) is 5.70. The van der Waals surface area contributed by atoms with E-state index in [1.165, 1.54) is 12.1 Å².